The van der Waals surface area contributed by atoms with Crippen LogP contribution in [0, 0.1) is 11.8 Å². The number of hydrogen-bond acceptors (Lipinski definition) is 6. The van der Waals surface area contributed by atoms with Crippen LogP contribution in [-0.2, 0) is 23.8 Å². The van der Waals surface area contributed by atoms with E-state index in [9.17, 15) is 9.59 Å². The maximum atomic E-state index is 12.5. The van der Waals surface area contributed by atoms with Gasteiger partial charge in [-0.05, 0) is 63.2 Å². The second kappa shape index (κ2) is 37.8. The zero-order valence-electron chi connectivity index (χ0n) is 36.0. The quantitative estimate of drug-likeness (QED) is 0.0498. The molecule has 314 valence electrons. The molecule has 0 aromatic rings. The van der Waals surface area contributed by atoms with Gasteiger partial charge in [0, 0.05) is 38.1 Å². The summed E-state index contributed by atoms with van der Waals surface area (Å²) in [6.07, 6.45) is 38.8. The maximum absolute atomic E-state index is 12.5. The number of hydrogen-bond donors (Lipinski definition) is 1. The molecule has 0 aromatic heterocycles. The number of ether oxygens (including phenoxy) is 3. The second-order valence-corrected chi connectivity index (χ2v) is 16.7. The standard InChI is InChI=1S/C47H91NO5/c1-5-9-18-26-42(27-19-10-6-2)34-40-52-46(49)32-23-17-15-13-14-16-22-30-44(48-45-36-38-51-39-37-45)31-24-25-33-47(50)53-41-35-43(28-20-11-7-3)29-21-12-8-4/h42-45,48H,5-41H2,1-4H3. The van der Waals surface area contributed by atoms with Crippen molar-refractivity contribution in [3.05, 3.63) is 0 Å². The minimum absolute atomic E-state index is 0.00355. The minimum Gasteiger partial charge on any atom is -0.466 e. The number of rotatable bonds is 39. The van der Waals surface area contributed by atoms with Gasteiger partial charge in [0.05, 0.1) is 13.2 Å². The molecule has 53 heavy (non-hydrogen) atoms. The highest BCUT2D eigenvalue weighted by Gasteiger charge is 2.19. The zero-order chi connectivity index (χ0) is 38.5. The first-order valence-corrected chi connectivity index (χ1v) is 23.7. The number of carbonyl (C=O) groups excluding carboxylic acids is 2. The van der Waals surface area contributed by atoms with E-state index in [4.69, 9.17) is 14.2 Å². The van der Waals surface area contributed by atoms with E-state index in [0.717, 1.165) is 76.9 Å². The lowest BCUT2D eigenvalue weighted by molar-refractivity contribution is -0.145. The fourth-order valence-corrected chi connectivity index (χ4v) is 8.13. The number of esters is 2. The van der Waals surface area contributed by atoms with Crippen LogP contribution in [0.5, 0.6) is 0 Å². The van der Waals surface area contributed by atoms with Gasteiger partial charge < -0.3 is 19.5 Å². The van der Waals surface area contributed by atoms with Gasteiger partial charge in [0.1, 0.15) is 0 Å². The van der Waals surface area contributed by atoms with Crippen LogP contribution < -0.4 is 5.32 Å². The Labute approximate surface area is 330 Å². The van der Waals surface area contributed by atoms with Gasteiger partial charge >= 0.3 is 11.9 Å². The molecule has 0 aromatic carbocycles. The van der Waals surface area contributed by atoms with Gasteiger partial charge in [-0.15, -0.1) is 0 Å². The van der Waals surface area contributed by atoms with Crippen LogP contribution in [-0.4, -0.2) is 50.4 Å². The first kappa shape index (κ1) is 49.9. The highest BCUT2D eigenvalue weighted by atomic mass is 16.5. The molecule has 1 unspecified atom stereocenters. The predicted octanol–water partition coefficient (Wildman–Crippen LogP) is 13.6. The molecule has 0 spiro atoms. The van der Waals surface area contributed by atoms with Gasteiger partial charge in [0.2, 0.25) is 0 Å². The van der Waals surface area contributed by atoms with E-state index >= 15 is 0 Å². The number of nitrogens with one attached hydrogen (secondary N) is 1. The molecule has 1 saturated heterocycles. The van der Waals surface area contributed by atoms with Crippen molar-refractivity contribution in [1.29, 1.82) is 0 Å². The molecule has 6 heteroatoms. The Hall–Kier alpha value is -1.14. The Morgan fingerprint density at radius 1 is 0.491 bits per heavy atom. The average Bonchev–Trinajstić information content (AvgIpc) is 3.16. The third-order valence-corrected chi connectivity index (χ3v) is 11.8. The Bertz CT molecular complexity index is 780. The van der Waals surface area contributed by atoms with Crippen LogP contribution >= 0.6 is 0 Å². The molecule has 1 heterocycles. The van der Waals surface area contributed by atoms with Crippen molar-refractivity contribution in [3.63, 3.8) is 0 Å². The fraction of sp³-hybridized carbons (Fsp3) is 0.957. The molecule has 0 radical (unpaired) electrons. The first-order valence-electron chi connectivity index (χ1n) is 23.7. The molecule has 1 rings (SSSR count). The molecule has 0 aliphatic carbocycles. The van der Waals surface area contributed by atoms with E-state index in [0.29, 0.717) is 44.1 Å². The molecule has 1 N–H and O–H groups in total. The van der Waals surface area contributed by atoms with Crippen molar-refractivity contribution in [1.82, 2.24) is 5.32 Å². The van der Waals surface area contributed by atoms with E-state index in [-0.39, 0.29) is 11.9 Å². The summed E-state index contributed by atoms with van der Waals surface area (Å²) in [5.74, 6) is 1.43. The van der Waals surface area contributed by atoms with Crippen molar-refractivity contribution >= 4 is 11.9 Å². The molecule has 0 saturated carbocycles. The summed E-state index contributed by atoms with van der Waals surface area (Å²) in [5, 5.41) is 3.97. The number of unbranched alkanes of at least 4 members (excludes halogenated alkanes) is 15. The monoisotopic (exact) mass is 750 g/mol. The van der Waals surface area contributed by atoms with E-state index in [2.05, 4.69) is 33.0 Å². The van der Waals surface area contributed by atoms with Crippen LogP contribution in [0.1, 0.15) is 240 Å². The molecular formula is C47H91NO5. The first-order chi connectivity index (χ1) is 26.0. The molecule has 0 bridgehead atoms. The van der Waals surface area contributed by atoms with E-state index in [1.807, 2.05) is 0 Å². The van der Waals surface area contributed by atoms with Crippen molar-refractivity contribution in [2.75, 3.05) is 26.4 Å². The van der Waals surface area contributed by atoms with Gasteiger partial charge in [0.15, 0.2) is 0 Å². The third kappa shape index (κ3) is 31.7. The summed E-state index contributed by atoms with van der Waals surface area (Å²) in [6.45, 7) is 12.0. The topological polar surface area (TPSA) is 73.9 Å². The molecule has 1 aliphatic heterocycles. The average molecular weight is 750 g/mol. The smallest absolute Gasteiger partial charge is 0.305 e. The Kier molecular flexibility index (Phi) is 35.5. The largest absolute Gasteiger partial charge is 0.466 e. The Morgan fingerprint density at radius 2 is 0.849 bits per heavy atom. The zero-order valence-corrected chi connectivity index (χ0v) is 36.0. The van der Waals surface area contributed by atoms with Gasteiger partial charge in [-0.3, -0.25) is 9.59 Å². The van der Waals surface area contributed by atoms with Crippen LogP contribution in [0.3, 0.4) is 0 Å². The van der Waals surface area contributed by atoms with E-state index in [1.54, 1.807) is 0 Å². The third-order valence-electron chi connectivity index (χ3n) is 11.8. The van der Waals surface area contributed by atoms with Crippen LogP contribution in [0.2, 0.25) is 0 Å². The highest BCUT2D eigenvalue weighted by molar-refractivity contribution is 5.69. The van der Waals surface area contributed by atoms with Gasteiger partial charge in [-0.1, -0.05) is 175 Å². The maximum Gasteiger partial charge on any atom is 0.305 e. The summed E-state index contributed by atoms with van der Waals surface area (Å²) in [4.78, 5) is 24.9. The predicted molar refractivity (Wildman–Crippen MR) is 225 cm³/mol. The second-order valence-electron chi connectivity index (χ2n) is 16.7. The lowest BCUT2D eigenvalue weighted by Crippen LogP contribution is -2.41. The molecule has 0 amide bonds. The summed E-state index contributed by atoms with van der Waals surface area (Å²) < 4.78 is 17.0. The molecule has 1 fully saturated rings. The molecule has 6 nitrogen and oxygen atoms in total. The summed E-state index contributed by atoms with van der Waals surface area (Å²) in [5.41, 5.74) is 0. The lowest BCUT2D eigenvalue weighted by atomic mass is 9.92. The summed E-state index contributed by atoms with van der Waals surface area (Å²) >= 11 is 0. The fourth-order valence-electron chi connectivity index (χ4n) is 8.13. The minimum atomic E-state index is -0.00355. The molecular weight excluding hydrogens is 659 g/mol. The van der Waals surface area contributed by atoms with Gasteiger partial charge in [-0.25, -0.2) is 0 Å². The van der Waals surface area contributed by atoms with Gasteiger partial charge in [0.25, 0.3) is 0 Å². The SMILES string of the molecule is CCCCCC(CCCCC)CCOC(=O)CCCCCCCCCC(CCCCC(=O)OCCC(CCCCC)CCCCC)NC1CCOCC1. The van der Waals surface area contributed by atoms with E-state index in [1.165, 1.54) is 141 Å². The van der Waals surface area contributed by atoms with Crippen molar-refractivity contribution in [2.45, 2.75) is 252 Å². The van der Waals surface area contributed by atoms with Crippen molar-refractivity contribution in [2.24, 2.45) is 11.8 Å². The normalized spacial score (nSPS) is 14.3. The summed E-state index contributed by atoms with van der Waals surface area (Å²) in [6, 6.07) is 1.08. The lowest BCUT2D eigenvalue weighted by Gasteiger charge is -2.29. The summed E-state index contributed by atoms with van der Waals surface area (Å²) in [7, 11) is 0. The Balaban J connectivity index is 2.21. The van der Waals surface area contributed by atoms with Gasteiger partial charge in [-0.2, -0.15) is 0 Å². The molecule has 1 atom stereocenters. The highest BCUT2D eigenvalue weighted by Crippen LogP contribution is 2.23. The van der Waals surface area contributed by atoms with Crippen LogP contribution in [0.4, 0.5) is 0 Å². The Morgan fingerprint density at radius 3 is 1.28 bits per heavy atom. The van der Waals surface area contributed by atoms with Crippen molar-refractivity contribution in [3.8, 4) is 0 Å². The van der Waals surface area contributed by atoms with Crippen LogP contribution in [0.15, 0.2) is 0 Å². The van der Waals surface area contributed by atoms with Crippen LogP contribution in [0.25, 0.3) is 0 Å². The van der Waals surface area contributed by atoms with E-state index < -0.39 is 0 Å². The molecule has 1 aliphatic rings. The number of carbonyl (C=O) groups is 2. The van der Waals surface area contributed by atoms with Crippen molar-refractivity contribution < 1.29 is 23.8 Å².